The van der Waals surface area contributed by atoms with E-state index in [1.807, 2.05) is 29.6 Å². The molecule has 0 amide bonds. The van der Waals surface area contributed by atoms with Crippen molar-refractivity contribution < 1.29 is 4.74 Å². The number of ether oxygens (including phenoxy) is 1. The van der Waals surface area contributed by atoms with Gasteiger partial charge in [0.15, 0.2) is 5.13 Å². The molecule has 0 aliphatic rings. The van der Waals surface area contributed by atoms with Crippen molar-refractivity contribution in [2.24, 2.45) is 0 Å². The molecular formula is C17H16N2OS. The quantitative estimate of drug-likeness (QED) is 0.781. The molecule has 0 radical (unpaired) electrons. The van der Waals surface area contributed by atoms with E-state index in [1.165, 1.54) is 16.9 Å². The first kappa shape index (κ1) is 13.6. The molecule has 0 atom stereocenters. The molecule has 0 fully saturated rings. The summed E-state index contributed by atoms with van der Waals surface area (Å²) in [6.45, 7) is 2.65. The van der Waals surface area contributed by atoms with Crippen molar-refractivity contribution in [3.63, 3.8) is 0 Å². The molecular weight excluding hydrogens is 280 g/mol. The zero-order valence-corrected chi connectivity index (χ0v) is 12.6. The van der Waals surface area contributed by atoms with E-state index in [0.717, 1.165) is 22.6 Å². The number of hydrogen-bond acceptors (Lipinski definition) is 4. The molecule has 0 unspecified atom stereocenters. The highest BCUT2D eigenvalue weighted by molar-refractivity contribution is 7.13. The minimum Gasteiger partial charge on any atom is -0.489 e. The number of nitrogen functional groups attached to an aromatic ring is 1. The van der Waals surface area contributed by atoms with Crippen LogP contribution in [-0.2, 0) is 6.61 Å². The maximum absolute atomic E-state index is 5.79. The number of aromatic nitrogens is 1. The third-order valence-electron chi connectivity index (χ3n) is 3.20. The number of thiazole rings is 1. The Hall–Kier alpha value is -2.33. The minimum absolute atomic E-state index is 0.573. The van der Waals surface area contributed by atoms with Gasteiger partial charge in [0.2, 0.25) is 0 Å². The van der Waals surface area contributed by atoms with Crippen molar-refractivity contribution in [2.75, 3.05) is 5.73 Å². The Morgan fingerprint density at radius 1 is 1.05 bits per heavy atom. The molecule has 0 aliphatic carbocycles. The van der Waals surface area contributed by atoms with Gasteiger partial charge in [0.25, 0.3) is 0 Å². The molecule has 1 aromatic heterocycles. The van der Waals surface area contributed by atoms with Gasteiger partial charge >= 0.3 is 0 Å². The van der Waals surface area contributed by atoms with Gasteiger partial charge in [0.1, 0.15) is 12.4 Å². The van der Waals surface area contributed by atoms with Crippen LogP contribution in [0.15, 0.2) is 53.9 Å². The van der Waals surface area contributed by atoms with Crippen LogP contribution in [0.5, 0.6) is 5.75 Å². The maximum Gasteiger partial charge on any atom is 0.180 e. The standard InChI is InChI=1S/C17H16N2OS/c1-12-2-4-13(5-3-12)10-20-15-8-6-14(7-9-15)16-11-21-17(18)19-16/h2-9,11H,10H2,1H3,(H2,18,19). The SMILES string of the molecule is Cc1ccc(COc2ccc(-c3csc(N)n3)cc2)cc1. The van der Waals surface area contributed by atoms with E-state index in [9.17, 15) is 0 Å². The lowest BCUT2D eigenvalue weighted by atomic mass is 10.1. The monoisotopic (exact) mass is 296 g/mol. The third-order valence-corrected chi connectivity index (χ3v) is 3.87. The number of hydrogen-bond donors (Lipinski definition) is 1. The highest BCUT2D eigenvalue weighted by Gasteiger charge is 2.03. The van der Waals surface area contributed by atoms with Crippen molar-refractivity contribution in [2.45, 2.75) is 13.5 Å². The van der Waals surface area contributed by atoms with E-state index >= 15 is 0 Å². The van der Waals surface area contributed by atoms with E-state index in [0.29, 0.717) is 11.7 Å². The second kappa shape index (κ2) is 5.97. The van der Waals surface area contributed by atoms with E-state index in [2.05, 4.69) is 36.2 Å². The van der Waals surface area contributed by atoms with Gasteiger partial charge < -0.3 is 10.5 Å². The van der Waals surface area contributed by atoms with Crippen molar-refractivity contribution in [1.29, 1.82) is 0 Å². The van der Waals surface area contributed by atoms with Crippen LogP contribution in [0.3, 0.4) is 0 Å². The van der Waals surface area contributed by atoms with Gasteiger partial charge in [-0.2, -0.15) is 0 Å². The Morgan fingerprint density at radius 2 is 1.76 bits per heavy atom. The zero-order chi connectivity index (χ0) is 14.7. The molecule has 0 saturated heterocycles. The Bertz CT molecular complexity index is 717. The molecule has 0 aliphatic heterocycles. The fourth-order valence-electron chi connectivity index (χ4n) is 1.99. The lowest BCUT2D eigenvalue weighted by Crippen LogP contribution is -1.95. The van der Waals surface area contributed by atoms with Crippen molar-refractivity contribution >= 4 is 16.5 Å². The second-order valence-electron chi connectivity index (χ2n) is 4.87. The predicted octanol–water partition coefficient (Wildman–Crippen LogP) is 4.28. The molecule has 2 N–H and O–H groups in total. The largest absolute Gasteiger partial charge is 0.489 e. The molecule has 2 aromatic carbocycles. The van der Waals surface area contributed by atoms with Crippen LogP contribution in [0.25, 0.3) is 11.3 Å². The first-order valence-electron chi connectivity index (χ1n) is 6.70. The summed E-state index contributed by atoms with van der Waals surface area (Å²) in [5.41, 5.74) is 10.0. The van der Waals surface area contributed by atoms with E-state index in [4.69, 9.17) is 10.5 Å². The zero-order valence-electron chi connectivity index (χ0n) is 11.7. The molecule has 3 aromatic rings. The van der Waals surface area contributed by atoms with Crippen LogP contribution < -0.4 is 10.5 Å². The molecule has 1 heterocycles. The van der Waals surface area contributed by atoms with Crippen LogP contribution in [-0.4, -0.2) is 4.98 Å². The summed E-state index contributed by atoms with van der Waals surface area (Å²) in [6.07, 6.45) is 0. The van der Waals surface area contributed by atoms with E-state index < -0.39 is 0 Å². The van der Waals surface area contributed by atoms with Crippen LogP contribution in [0.2, 0.25) is 0 Å². The number of rotatable bonds is 4. The second-order valence-corrected chi connectivity index (χ2v) is 5.76. The average Bonchev–Trinajstić information content (AvgIpc) is 2.94. The average molecular weight is 296 g/mol. The Kier molecular flexibility index (Phi) is 3.88. The predicted molar refractivity (Wildman–Crippen MR) is 87.5 cm³/mol. The molecule has 4 heteroatoms. The molecule has 3 rings (SSSR count). The van der Waals surface area contributed by atoms with Gasteiger partial charge in [-0.15, -0.1) is 11.3 Å². The smallest absolute Gasteiger partial charge is 0.180 e. The van der Waals surface area contributed by atoms with Gasteiger partial charge in [-0.3, -0.25) is 0 Å². The van der Waals surface area contributed by atoms with Crippen LogP contribution in [0.4, 0.5) is 5.13 Å². The summed E-state index contributed by atoms with van der Waals surface area (Å²) < 4.78 is 5.79. The fourth-order valence-corrected chi connectivity index (χ4v) is 2.57. The summed E-state index contributed by atoms with van der Waals surface area (Å²) in [4.78, 5) is 4.27. The Labute approximate surface area is 128 Å². The van der Waals surface area contributed by atoms with Crippen molar-refractivity contribution in [1.82, 2.24) is 4.98 Å². The van der Waals surface area contributed by atoms with Gasteiger partial charge in [0.05, 0.1) is 5.69 Å². The van der Waals surface area contributed by atoms with Crippen LogP contribution >= 0.6 is 11.3 Å². The van der Waals surface area contributed by atoms with Gasteiger partial charge in [0, 0.05) is 10.9 Å². The number of aryl methyl sites for hydroxylation is 1. The summed E-state index contributed by atoms with van der Waals surface area (Å²) in [7, 11) is 0. The van der Waals surface area contributed by atoms with Crippen LogP contribution in [0.1, 0.15) is 11.1 Å². The molecule has 3 nitrogen and oxygen atoms in total. The van der Waals surface area contributed by atoms with Crippen molar-refractivity contribution in [3.05, 3.63) is 65.0 Å². The molecule has 0 saturated carbocycles. The molecule has 106 valence electrons. The van der Waals surface area contributed by atoms with E-state index in [-0.39, 0.29) is 0 Å². The fraction of sp³-hybridized carbons (Fsp3) is 0.118. The Morgan fingerprint density at radius 3 is 2.38 bits per heavy atom. The normalized spacial score (nSPS) is 10.5. The van der Waals surface area contributed by atoms with Gasteiger partial charge in [-0.05, 0) is 36.8 Å². The van der Waals surface area contributed by atoms with Gasteiger partial charge in [-0.1, -0.05) is 29.8 Å². The van der Waals surface area contributed by atoms with E-state index in [1.54, 1.807) is 0 Å². The third kappa shape index (κ3) is 3.41. The lowest BCUT2D eigenvalue weighted by Gasteiger charge is -2.07. The number of nitrogens with two attached hydrogens (primary N) is 1. The first-order chi connectivity index (χ1) is 10.2. The highest BCUT2D eigenvalue weighted by atomic mass is 32.1. The molecule has 0 bridgehead atoms. The van der Waals surface area contributed by atoms with Gasteiger partial charge in [-0.25, -0.2) is 4.98 Å². The highest BCUT2D eigenvalue weighted by Crippen LogP contribution is 2.25. The summed E-state index contributed by atoms with van der Waals surface area (Å²) in [5.74, 6) is 0.850. The van der Waals surface area contributed by atoms with Crippen LogP contribution in [0, 0.1) is 6.92 Å². The summed E-state index contributed by atoms with van der Waals surface area (Å²) >= 11 is 1.45. The molecule has 21 heavy (non-hydrogen) atoms. The maximum atomic E-state index is 5.79. The number of nitrogens with zero attached hydrogens (tertiary/aromatic N) is 1. The summed E-state index contributed by atoms with van der Waals surface area (Å²) in [6, 6.07) is 16.3. The lowest BCUT2D eigenvalue weighted by molar-refractivity contribution is 0.306. The van der Waals surface area contributed by atoms with Crippen molar-refractivity contribution in [3.8, 4) is 17.0 Å². The molecule has 0 spiro atoms. The first-order valence-corrected chi connectivity index (χ1v) is 7.58. The number of benzene rings is 2. The minimum atomic E-state index is 0.573. The number of anilines is 1. The summed E-state index contributed by atoms with van der Waals surface area (Å²) in [5, 5.41) is 2.54. The topological polar surface area (TPSA) is 48.1 Å². The Balaban J connectivity index is 1.65.